The Kier molecular flexibility index (Phi) is 4.51. The Morgan fingerprint density at radius 3 is 2.67 bits per heavy atom. The molecule has 0 bridgehead atoms. The third kappa shape index (κ3) is 3.36. The van der Waals surface area contributed by atoms with E-state index in [0.29, 0.717) is 5.56 Å². The molecule has 0 aliphatic carbocycles. The minimum atomic E-state index is -0.618. The fourth-order valence-electron chi connectivity index (χ4n) is 1.91. The summed E-state index contributed by atoms with van der Waals surface area (Å²) in [4.78, 5) is 0. The molecule has 1 atom stereocenters. The van der Waals surface area contributed by atoms with E-state index in [-0.39, 0.29) is 23.5 Å². The van der Waals surface area contributed by atoms with Crippen molar-refractivity contribution < 1.29 is 13.5 Å². The molecule has 2 rings (SSSR count). The molecule has 0 saturated heterocycles. The van der Waals surface area contributed by atoms with Crippen molar-refractivity contribution >= 4 is 0 Å². The Hall–Kier alpha value is -2.45. The first kappa shape index (κ1) is 14.9. The largest absolute Gasteiger partial charge is 0.489 e. The number of nitrogens with zero attached hydrogens (tertiary/aromatic N) is 1. The molecule has 5 heteroatoms. The summed E-state index contributed by atoms with van der Waals surface area (Å²) in [5.41, 5.74) is 6.20. The van der Waals surface area contributed by atoms with E-state index in [1.807, 2.05) is 0 Å². The molecule has 0 heterocycles. The molecule has 0 radical (unpaired) electrons. The zero-order valence-corrected chi connectivity index (χ0v) is 11.4. The van der Waals surface area contributed by atoms with Gasteiger partial charge >= 0.3 is 0 Å². The Bertz CT molecular complexity index is 693. The van der Waals surface area contributed by atoms with Crippen LogP contribution in [-0.2, 0) is 6.61 Å². The molecule has 0 unspecified atom stereocenters. The number of hydrogen-bond acceptors (Lipinski definition) is 3. The Balaban J connectivity index is 2.14. The van der Waals surface area contributed by atoms with Crippen molar-refractivity contribution in [1.82, 2.24) is 0 Å². The standard InChI is InChI=1S/C16H14F2N2O/c1-10(20)14-6-5-13(7-15(14)17)21-9-12-4-2-3-11(8-19)16(12)18/h2-7,10H,9,20H2,1H3/t10-/m0/s1. The molecule has 0 spiro atoms. The lowest BCUT2D eigenvalue weighted by Gasteiger charge is -2.11. The highest BCUT2D eigenvalue weighted by molar-refractivity contribution is 5.35. The molecule has 0 aromatic heterocycles. The molecule has 0 aliphatic heterocycles. The highest BCUT2D eigenvalue weighted by Gasteiger charge is 2.10. The van der Waals surface area contributed by atoms with Crippen LogP contribution in [-0.4, -0.2) is 0 Å². The van der Waals surface area contributed by atoms with Crippen LogP contribution < -0.4 is 10.5 Å². The Morgan fingerprint density at radius 1 is 1.29 bits per heavy atom. The van der Waals surface area contributed by atoms with Crippen LogP contribution in [0.1, 0.15) is 29.7 Å². The van der Waals surface area contributed by atoms with Gasteiger partial charge in [0.25, 0.3) is 0 Å². The molecule has 2 N–H and O–H groups in total. The van der Waals surface area contributed by atoms with Crippen molar-refractivity contribution in [2.45, 2.75) is 19.6 Å². The highest BCUT2D eigenvalue weighted by Crippen LogP contribution is 2.22. The average molecular weight is 288 g/mol. The minimum absolute atomic E-state index is 0.0467. The topological polar surface area (TPSA) is 59.0 Å². The molecular formula is C16H14F2N2O. The molecule has 108 valence electrons. The number of rotatable bonds is 4. The van der Waals surface area contributed by atoms with Gasteiger partial charge in [-0.05, 0) is 19.1 Å². The van der Waals surface area contributed by atoms with Gasteiger partial charge in [0.2, 0.25) is 0 Å². The maximum Gasteiger partial charge on any atom is 0.147 e. The van der Waals surface area contributed by atoms with Gasteiger partial charge in [-0.15, -0.1) is 0 Å². The summed E-state index contributed by atoms with van der Waals surface area (Å²) in [5, 5.41) is 8.75. The normalized spacial score (nSPS) is 11.8. The van der Waals surface area contributed by atoms with E-state index >= 15 is 0 Å². The van der Waals surface area contributed by atoms with E-state index < -0.39 is 17.7 Å². The van der Waals surface area contributed by atoms with Crippen LogP contribution in [0.5, 0.6) is 5.75 Å². The summed E-state index contributed by atoms with van der Waals surface area (Å²) in [7, 11) is 0. The maximum absolute atomic E-state index is 13.8. The van der Waals surface area contributed by atoms with Crippen molar-refractivity contribution in [3.8, 4) is 11.8 Å². The van der Waals surface area contributed by atoms with Crippen LogP contribution in [0.3, 0.4) is 0 Å². The second-order valence-electron chi connectivity index (χ2n) is 4.65. The van der Waals surface area contributed by atoms with Gasteiger partial charge in [0.05, 0.1) is 5.56 Å². The first-order chi connectivity index (χ1) is 10.0. The maximum atomic E-state index is 13.8. The molecule has 0 amide bonds. The Labute approximate surface area is 121 Å². The quantitative estimate of drug-likeness (QED) is 0.937. The molecule has 0 aliphatic rings. The SMILES string of the molecule is C[C@H](N)c1ccc(OCc2cccc(C#N)c2F)cc1F. The Morgan fingerprint density at radius 2 is 2.05 bits per heavy atom. The number of hydrogen-bond donors (Lipinski definition) is 1. The van der Waals surface area contributed by atoms with E-state index in [0.717, 1.165) is 0 Å². The van der Waals surface area contributed by atoms with E-state index in [1.165, 1.54) is 24.3 Å². The molecule has 21 heavy (non-hydrogen) atoms. The average Bonchev–Trinajstić information content (AvgIpc) is 2.46. The lowest BCUT2D eigenvalue weighted by atomic mass is 10.1. The van der Waals surface area contributed by atoms with Crippen LogP contribution in [0.15, 0.2) is 36.4 Å². The second-order valence-corrected chi connectivity index (χ2v) is 4.65. The summed E-state index contributed by atoms with van der Waals surface area (Å²) in [6.07, 6.45) is 0. The molecule has 3 nitrogen and oxygen atoms in total. The van der Waals surface area contributed by atoms with E-state index in [2.05, 4.69) is 0 Å². The summed E-state index contributed by atoms with van der Waals surface area (Å²) >= 11 is 0. The predicted octanol–water partition coefficient (Wildman–Crippen LogP) is 3.44. The molecule has 2 aromatic rings. The number of halogens is 2. The lowest BCUT2D eigenvalue weighted by molar-refractivity contribution is 0.298. The van der Waals surface area contributed by atoms with Gasteiger partial charge < -0.3 is 10.5 Å². The van der Waals surface area contributed by atoms with Crippen LogP contribution in [0.2, 0.25) is 0 Å². The van der Waals surface area contributed by atoms with Crippen LogP contribution in [0, 0.1) is 23.0 Å². The molecular weight excluding hydrogens is 274 g/mol. The fourth-order valence-corrected chi connectivity index (χ4v) is 1.91. The minimum Gasteiger partial charge on any atom is -0.489 e. The van der Waals surface area contributed by atoms with Crippen LogP contribution in [0.25, 0.3) is 0 Å². The monoisotopic (exact) mass is 288 g/mol. The molecule has 2 aromatic carbocycles. The summed E-state index contributed by atoms with van der Waals surface area (Å²) in [6, 6.07) is 10.1. The van der Waals surface area contributed by atoms with Crippen LogP contribution in [0.4, 0.5) is 8.78 Å². The highest BCUT2D eigenvalue weighted by atomic mass is 19.1. The summed E-state index contributed by atoms with van der Waals surface area (Å²) in [5.74, 6) is -0.805. The number of ether oxygens (including phenoxy) is 1. The molecule has 0 saturated carbocycles. The van der Waals surface area contributed by atoms with Crippen molar-refractivity contribution in [2.75, 3.05) is 0 Å². The number of nitriles is 1. The van der Waals surface area contributed by atoms with Gasteiger partial charge in [0, 0.05) is 23.2 Å². The van der Waals surface area contributed by atoms with Crippen molar-refractivity contribution in [3.63, 3.8) is 0 Å². The van der Waals surface area contributed by atoms with Crippen molar-refractivity contribution in [1.29, 1.82) is 5.26 Å². The fraction of sp³-hybridized carbons (Fsp3) is 0.188. The van der Waals surface area contributed by atoms with Gasteiger partial charge in [-0.3, -0.25) is 0 Å². The van der Waals surface area contributed by atoms with Gasteiger partial charge in [-0.2, -0.15) is 5.26 Å². The van der Waals surface area contributed by atoms with Crippen molar-refractivity contribution in [3.05, 3.63) is 64.7 Å². The number of nitrogens with two attached hydrogens (primary N) is 1. The van der Waals surface area contributed by atoms with Crippen molar-refractivity contribution in [2.24, 2.45) is 5.73 Å². The third-order valence-electron chi connectivity index (χ3n) is 3.06. The van der Waals surface area contributed by atoms with Gasteiger partial charge in [0.15, 0.2) is 0 Å². The van der Waals surface area contributed by atoms with E-state index in [4.69, 9.17) is 15.7 Å². The zero-order chi connectivity index (χ0) is 15.4. The molecule has 0 fully saturated rings. The lowest BCUT2D eigenvalue weighted by Crippen LogP contribution is -2.07. The summed E-state index contributed by atoms with van der Waals surface area (Å²) in [6.45, 7) is 1.60. The number of benzene rings is 2. The van der Waals surface area contributed by atoms with E-state index in [1.54, 1.807) is 25.1 Å². The first-order valence-corrected chi connectivity index (χ1v) is 6.38. The first-order valence-electron chi connectivity index (χ1n) is 6.38. The zero-order valence-electron chi connectivity index (χ0n) is 11.4. The smallest absolute Gasteiger partial charge is 0.147 e. The van der Waals surface area contributed by atoms with Gasteiger partial charge in [-0.1, -0.05) is 18.2 Å². The van der Waals surface area contributed by atoms with Gasteiger partial charge in [0.1, 0.15) is 30.1 Å². The van der Waals surface area contributed by atoms with Crippen LogP contribution >= 0.6 is 0 Å². The van der Waals surface area contributed by atoms with Gasteiger partial charge in [-0.25, -0.2) is 8.78 Å². The third-order valence-corrected chi connectivity index (χ3v) is 3.06. The van der Waals surface area contributed by atoms with E-state index in [9.17, 15) is 8.78 Å². The second kappa shape index (κ2) is 6.33. The predicted molar refractivity (Wildman–Crippen MR) is 74.4 cm³/mol. The summed E-state index contributed by atoms with van der Waals surface area (Å²) < 4.78 is 32.9.